The van der Waals surface area contributed by atoms with E-state index in [1.807, 2.05) is 6.92 Å². The van der Waals surface area contributed by atoms with Crippen molar-refractivity contribution < 1.29 is 9.18 Å². The van der Waals surface area contributed by atoms with Crippen LogP contribution in [-0.4, -0.2) is 39.9 Å². The van der Waals surface area contributed by atoms with Gasteiger partial charge in [0.25, 0.3) is 5.91 Å². The summed E-state index contributed by atoms with van der Waals surface area (Å²) in [5.41, 5.74) is 1.70. The summed E-state index contributed by atoms with van der Waals surface area (Å²) in [5.74, 6) is -0.493. The molecule has 7 heteroatoms. The number of aryl methyl sites for hydroxylation is 1. The molecule has 2 heterocycles. The molecule has 0 spiro atoms. The Morgan fingerprint density at radius 2 is 2.29 bits per heavy atom. The molecule has 126 valence electrons. The van der Waals surface area contributed by atoms with Gasteiger partial charge in [-0.15, -0.1) is 0 Å². The molecule has 0 unspecified atom stereocenters. The highest BCUT2D eigenvalue weighted by Gasteiger charge is 2.27. The molecule has 1 aliphatic heterocycles. The first-order valence-corrected chi connectivity index (χ1v) is 8.16. The van der Waals surface area contributed by atoms with E-state index in [2.05, 4.69) is 15.3 Å². The van der Waals surface area contributed by atoms with Crippen LogP contribution in [0.5, 0.6) is 0 Å². The topological polar surface area (TPSA) is 58.1 Å². The molecule has 1 atom stereocenters. The highest BCUT2D eigenvalue weighted by atomic mass is 35.5. The molecule has 5 nitrogen and oxygen atoms in total. The quantitative estimate of drug-likeness (QED) is 0.922. The molecule has 1 saturated heterocycles. The van der Waals surface area contributed by atoms with Crippen molar-refractivity contribution in [2.45, 2.75) is 25.9 Å². The molecule has 24 heavy (non-hydrogen) atoms. The Kier molecular flexibility index (Phi) is 5.06. The second kappa shape index (κ2) is 7.23. The molecule has 1 aromatic carbocycles. The Labute approximate surface area is 144 Å². The van der Waals surface area contributed by atoms with Crippen LogP contribution in [0.3, 0.4) is 0 Å². The van der Waals surface area contributed by atoms with Crippen molar-refractivity contribution in [2.75, 3.05) is 13.1 Å². The summed E-state index contributed by atoms with van der Waals surface area (Å²) < 4.78 is 13.9. The standard InChI is InChI=1S/C17H18ClFN4O/c1-11-7-15(22-10-21-11)17(24)23-6-5-13(9-23)20-8-12-3-2-4-14(18)16(12)19/h2-4,7,10,13,20H,5-6,8-9H2,1H3/t13-/m0/s1. The van der Waals surface area contributed by atoms with E-state index in [1.165, 1.54) is 12.4 Å². The van der Waals surface area contributed by atoms with Gasteiger partial charge < -0.3 is 10.2 Å². The Morgan fingerprint density at radius 1 is 1.46 bits per heavy atom. The van der Waals surface area contributed by atoms with Gasteiger partial charge in [-0.25, -0.2) is 14.4 Å². The maximum atomic E-state index is 13.9. The summed E-state index contributed by atoms with van der Waals surface area (Å²) in [5, 5.41) is 3.41. The van der Waals surface area contributed by atoms with Crippen LogP contribution in [0, 0.1) is 12.7 Å². The maximum Gasteiger partial charge on any atom is 0.272 e. The molecule has 1 aliphatic rings. The minimum atomic E-state index is -0.394. The van der Waals surface area contributed by atoms with Crippen molar-refractivity contribution in [1.82, 2.24) is 20.2 Å². The Balaban J connectivity index is 1.57. The third-order valence-corrected chi connectivity index (χ3v) is 4.40. The van der Waals surface area contributed by atoms with Crippen LogP contribution in [-0.2, 0) is 6.54 Å². The number of benzene rings is 1. The number of halogens is 2. The van der Waals surface area contributed by atoms with Gasteiger partial charge in [-0.3, -0.25) is 4.79 Å². The first kappa shape index (κ1) is 16.8. The van der Waals surface area contributed by atoms with E-state index in [0.29, 0.717) is 30.9 Å². The summed E-state index contributed by atoms with van der Waals surface area (Å²) in [6, 6.07) is 6.76. The average molecular weight is 349 g/mol. The molecular weight excluding hydrogens is 331 g/mol. The fourth-order valence-corrected chi connectivity index (χ4v) is 2.98. The summed E-state index contributed by atoms with van der Waals surface area (Å²) in [6.07, 6.45) is 2.22. The van der Waals surface area contributed by atoms with Crippen LogP contribution in [0.4, 0.5) is 4.39 Å². The number of rotatable bonds is 4. The number of amides is 1. The largest absolute Gasteiger partial charge is 0.336 e. The number of aromatic nitrogens is 2. The zero-order valence-corrected chi connectivity index (χ0v) is 14.1. The molecule has 1 amide bonds. The lowest BCUT2D eigenvalue weighted by atomic mass is 10.2. The third kappa shape index (κ3) is 3.71. The van der Waals surface area contributed by atoms with Crippen LogP contribution in [0.2, 0.25) is 5.02 Å². The van der Waals surface area contributed by atoms with Crippen LogP contribution in [0.15, 0.2) is 30.6 Å². The lowest BCUT2D eigenvalue weighted by Crippen LogP contribution is -2.35. The Morgan fingerprint density at radius 3 is 3.08 bits per heavy atom. The predicted octanol–water partition coefficient (Wildman–Crippen LogP) is 2.58. The normalized spacial score (nSPS) is 17.3. The fraction of sp³-hybridized carbons (Fsp3) is 0.353. The number of carbonyl (C=O) groups excluding carboxylic acids is 1. The lowest BCUT2D eigenvalue weighted by Gasteiger charge is -2.17. The fourth-order valence-electron chi connectivity index (χ4n) is 2.78. The lowest BCUT2D eigenvalue weighted by molar-refractivity contribution is 0.0783. The number of hydrogen-bond acceptors (Lipinski definition) is 4. The van der Waals surface area contributed by atoms with Gasteiger partial charge in [-0.05, 0) is 25.5 Å². The Hall–Kier alpha value is -2.05. The molecule has 0 bridgehead atoms. The maximum absolute atomic E-state index is 13.9. The zero-order chi connectivity index (χ0) is 17.1. The molecule has 0 saturated carbocycles. The summed E-state index contributed by atoms with van der Waals surface area (Å²) in [4.78, 5) is 22.2. The van der Waals surface area contributed by atoms with E-state index < -0.39 is 5.82 Å². The zero-order valence-electron chi connectivity index (χ0n) is 13.3. The Bertz CT molecular complexity index is 755. The van der Waals surface area contributed by atoms with E-state index in [4.69, 9.17) is 11.6 Å². The number of hydrogen-bond donors (Lipinski definition) is 1. The van der Waals surface area contributed by atoms with Crippen molar-refractivity contribution >= 4 is 17.5 Å². The first-order valence-electron chi connectivity index (χ1n) is 7.79. The molecule has 1 aromatic heterocycles. The molecule has 3 rings (SSSR count). The highest BCUT2D eigenvalue weighted by Crippen LogP contribution is 2.19. The van der Waals surface area contributed by atoms with E-state index in [0.717, 1.165) is 12.1 Å². The van der Waals surface area contributed by atoms with Crippen molar-refractivity contribution in [2.24, 2.45) is 0 Å². The van der Waals surface area contributed by atoms with Gasteiger partial charge in [-0.2, -0.15) is 0 Å². The van der Waals surface area contributed by atoms with E-state index in [9.17, 15) is 9.18 Å². The third-order valence-electron chi connectivity index (χ3n) is 4.11. The number of likely N-dealkylation sites (tertiary alicyclic amines) is 1. The molecular formula is C17H18ClFN4O. The molecule has 1 N–H and O–H groups in total. The van der Waals surface area contributed by atoms with Crippen LogP contribution in [0.1, 0.15) is 28.2 Å². The first-order chi connectivity index (χ1) is 11.5. The van der Waals surface area contributed by atoms with Gasteiger partial charge in [0.2, 0.25) is 0 Å². The van der Waals surface area contributed by atoms with E-state index in [1.54, 1.807) is 23.1 Å². The summed E-state index contributed by atoms with van der Waals surface area (Å²) in [7, 11) is 0. The van der Waals surface area contributed by atoms with Crippen molar-refractivity contribution in [3.05, 3.63) is 58.4 Å². The van der Waals surface area contributed by atoms with Crippen LogP contribution >= 0.6 is 11.6 Å². The van der Waals surface area contributed by atoms with E-state index >= 15 is 0 Å². The van der Waals surface area contributed by atoms with Gasteiger partial charge >= 0.3 is 0 Å². The van der Waals surface area contributed by atoms with Gasteiger partial charge in [0.05, 0.1) is 5.02 Å². The smallest absolute Gasteiger partial charge is 0.272 e. The number of nitrogens with one attached hydrogen (secondary N) is 1. The minimum absolute atomic E-state index is 0.0984. The van der Waals surface area contributed by atoms with Gasteiger partial charge in [0, 0.05) is 36.9 Å². The van der Waals surface area contributed by atoms with Crippen LogP contribution in [0.25, 0.3) is 0 Å². The highest BCUT2D eigenvalue weighted by molar-refractivity contribution is 6.30. The van der Waals surface area contributed by atoms with Crippen molar-refractivity contribution in [3.63, 3.8) is 0 Å². The second-order valence-electron chi connectivity index (χ2n) is 5.88. The predicted molar refractivity (Wildman–Crippen MR) is 89.3 cm³/mol. The van der Waals surface area contributed by atoms with Gasteiger partial charge in [0.1, 0.15) is 17.8 Å². The monoisotopic (exact) mass is 348 g/mol. The van der Waals surface area contributed by atoms with Gasteiger partial charge in [0.15, 0.2) is 0 Å². The van der Waals surface area contributed by atoms with Crippen LogP contribution < -0.4 is 5.32 Å². The second-order valence-corrected chi connectivity index (χ2v) is 6.28. The van der Waals surface area contributed by atoms with Crippen molar-refractivity contribution in [1.29, 1.82) is 0 Å². The molecule has 2 aromatic rings. The van der Waals surface area contributed by atoms with Gasteiger partial charge in [-0.1, -0.05) is 23.7 Å². The SMILES string of the molecule is Cc1cc(C(=O)N2CC[C@H](NCc3cccc(Cl)c3F)C2)ncn1. The van der Waals surface area contributed by atoms with E-state index in [-0.39, 0.29) is 17.0 Å². The summed E-state index contributed by atoms with van der Waals surface area (Å²) in [6.45, 7) is 3.43. The minimum Gasteiger partial charge on any atom is -0.336 e. The number of nitrogens with zero attached hydrogens (tertiary/aromatic N) is 3. The number of carbonyl (C=O) groups is 1. The molecule has 0 radical (unpaired) electrons. The van der Waals surface area contributed by atoms with Crippen molar-refractivity contribution in [3.8, 4) is 0 Å². The molecule has 0 aliphatic carbocycles. The molecule has 1 fully saturated rings. The summed E-state index contributed by atoms with van der Waals surface area (Å²) >= 11 is 5.79. The average Bonchev–Trinajstić information content (AvgIpc) is 3.04.